The van der Waals surface area contributed by atoms with Crippen LogP contribution < -0.4 is 10.1 Å². The second-order valence-electron chi connectivity index (χ2n) is 5.38. The van der Waals surface area contributed by atoms with Crippen LogP contribution in [0.25, 0.3) is 11.1 Å². The van der Waals surface area contributed by atoms with Crippen LogP contribution in [0, 0.1) is 5.82 Å². The molecule has 2 aromatic rings. The predicted octanol–water partition coefficient (Wildman–Crippen LogP) is 3.93. The Balaban J connectivity index is 1.87. The standard InChI is InChI=1S/C18H20FNO/c1-2-9-20-12-15-7-6-14(11-17(15)19)16-5-3-4-13-8-10-21-18(13)16/h3-7,11,20H,2,8-10,12H2,1H3. The van der Waals surface area contributed by atoms with Crippen LogP contribution in [0.1, 0.15) is 24.5 Å². The molecule has 0 saturated heterocycles. The third kappa shape index (κ3) is 2.93. The summed E-state index contributed by atoms with van der Waals surface area (Å²) in [6, 6.07) is 11.5. The largest absolute Gasteiger partial charge is 0.492 e. The number of rotatable bonds is 5. The van der Waals surface area contributed by atoms with Crippen LogP contribution in [-0.2, 0) is 13.0 Å². The summed E-state index contributed by atoms with van der Waals surface area (Å²) < 4.78 is 19.9. The molecule has 0 spiro atoms. The Kier molecular flexibility index (Phi) is 4.20. The first-order valence-electron chi connectivity index (χ1n) is 7.54. The molecule has 0 atom stereocenters. The highest BCUT2D eigenvalue weighted by Gasteiger charge is 2.17. The number of ether oxygens (including phenoxy) is 1. The molecule has 110 valence electrons. The Bertz CT molecular complexity index is 639. The molecule has 0 aliphatic carbocycles. The van der Waals surface area contributed by atoms with Gasteiger partial charge in [-0.1, -0.05) is 37.3 Å². The Morgan fingerprint density at radius 2 is 2.14 bits per heavy atom. The fourth-order valence-electron chi connectivity index (χ4n) is 2.70. The van der Waals surface area contributed by atoms with Crippen LogP contribution in [0.3, 0.4) is 0 Å². The molecule has 1 N–H and O–H groups in total. The van der Waals surface area contributed by atoms with Crippen molar-refractivity contribution < 1.29 is 9.13 Å². The van der Waals surface area contributed by atoms with Gasteiger partial charge in [0.2, 0.25) is 0 Å². The minimum Gasteiger partial charge on any atom is -0.492 e. The van der Waals surface area contributed by atoms with Crippen LogP contribution in [0.5, 0.6) is 5.75 Å². The fourth-order valence-corrected chi connectivity index (χ4v) is 2.70. The number of nitrogens with one attached hydrogen (secondary N) is 1. The van der Waals surface area contributed by atoms with E-state index in [2.05, 4.69) is 18.3 Å². The maximum absolute atomic E-state index is 14.2. The molecule has 1 heterocycles. The maximum Gasteiger partial charge on any atom is 0.130 e. The summed E-state index contributed by atoms with van der Waals surface area (Å²) in [7, 11) is 0. The molecule has 0 radical (unpaired) electrons. The number of hydrogen-bond donors (Lipinski definition) is 1. The highest BCUT2D eigenvalue weighted by molar-refractivity contribution is 5.73. The summed E-state index contributed by atoms with van der Waals surface area (Å²) in [5.74, 6) is 0.750. The average Bonchev–Trinajstić information content (AvgIpc) is 2.97. The molecule has 0 amide bonds. The second kappa shape index (κ2) is 6.27. The smallest absolute Gasteiger partial charge is 0.130 e. The van der Waals surface area contributed by atoms with Crippen molar-refractivity contribution in [1.29, 1.82) is 0 Å². The zero-order valence-electron chi connectivity index (χ0n) is 12.3. The molecule has 3 heteroatoms. The minimum absolute atomic E-state index is 0.160. The van der Waals surface area contributed by atoms with Gasteiger partial charge in [0.05, 0.1) is 6.61 Å². The number of halogens is 1. The van der Waals surface area contributed by atoms with E-state index in [9.17, 15) is 4.39 Å². The van der Waals surface area contributed by atoms with E-state index in [1.54, 1.807) is 6.07 Å². The Morgan fingerprint density at radius 3 is 2.95 bits per heavy atom. The van der Waals surface area contributed by atoms with Gasteiger partial charge in [-0.15, -0.1) is 0 Å². The lowest BCUT2D eigenvalue weighted by molar-refractivity contribution is 0.358. The van der Waals surface area contributed by atoms with Crippen LogP contribution in [0.2, 0.25) is 0 Å². The van der Waals surface area contributed by atoms with Crippen molar-refractivity contribution in [2.75, 3.05) is 13.2 Å². The van der Waals surface area contributed by atoms with Crippen LogP contribution >= 0.6 is 0 Å². The summed E-state index contributed by atoms with van der Waals surface area (Å²) in [5.41, 5.74) is 3.78. The molecule has 1 aliphatic rings. The fraction of sp³-hybridized carbons (Fsp3) is 0.333. The molecule has 2 aromatic carbocycles. The Hall–Kier alpha value is -1.87. The van der Waals surface area contributed by atoms with Crippen molar-refractivity contribution in [2.24, 2.45) is 0 Å². The molecular formula is C18H20FNO. The van der Waals surface area contributed by atoms with Crippen LogP contribution in [-0.4, -0.2) is 13.2 Å². The SMILES string of the molecule is CCCNCc1ccc(-c2cccc3c2OCC3)cc1F. The normalized spacial score (nSPS) is 13.0. The van der Waals surface area contributed by atoms with Crippen molar-refractivity contribution in [3.05, 3.63) is 53.3 Å². The lowest BCUT2D eigenvalue weighted by Gasteiger charge is -2.10. The van der Waals surface area contributed by atoms with E-state index in [0.29, 0.717) is 18.7 Å². The van der Waals surface area contributed by atoms with E-state index >= 15 is 0 Å². The average molecular weight is 285 g/mol. The van der Waals surface area contributed by atoms with E-state index in [1.807, 2.05) is 24.3 Å². The quantitative estimate of drug-likeness (QED) is 0.841. The van der Waals surface area contributed by atoms with E-state index in [-0.39, 0.29) is 5.82 Å². The molecule has 3 rings (SSSR count). The molecule has 0 bridgehead atoms. The molecular weight excluding hydrogens is 265 g/mol. The molecule has 21 heavy (non-hydrogen) atoms. The van der Waals surface area contributed by atoms with Crippen LogP contribution in [0.15, 0.2) is 36.4 Å². The summed E-state index contributed by atoms with van der Waals surface area (Å²) in [5, 5.41) is 3.23. The molecule has 2 nitrogen and oxygen atoms in total. The van der Waals surface area contributed by atoms with Gasteiger partial charge in [0.1, 0.15) is 11.6 Å². The first kappa shape index (κ1) is 14.1. The van der Waals surface area contributed by atoms with Crippen molar-refractivity contribution in [1.82, 2.24) is 5.32 Å². The van der Waals surface area contributed by atoms with Gasteiger partial charge in [-0.25, -0.2) is 4.39 Å². The van der Waals surface area contributed by atoms with Crippen LogP contribution in [0.4, 0.5) is 4.39 Å². The third-order valence-corrected chi connectivity index (χ3v) is 3.82. The first-order chi connectivity index (χ1) is 10.3. The first-order valence-corrected chi connectivity index (χ1v) is 7.54. The van der Waals surface area contributed by atoms with Gasteiger partial charge in [0.15, 0.2) is 0 Å². The van der Waals surface area contributed by atoms with Gasteiger partial charge in [-0.3, -0.25) is 0 Å². The second-order valence-corrected chi connectivity index (χ2v) is 5.38. The zero-order valence-corrected chi connectivity index (χ0v) is 12.3. The topological polar surface area (TPSA) is 21.3 Å². The van der Waals surface area contributed by atoms with E-state index in [4.69, 9.17) is 4.74 Å². The summed E-state index contributed by atoms with van der Waals surface area (Å²) in [6.07, 6.45) is 1.98. The summed E-state index contributed by atoms with van der Waals surface area (Å²) >= 11 is 0. The lowest BCUT2D eigenvalue weighted by Crippen LogP contribution is -2.14. The summed E-state index contributed by atoms with van der Waals surface area (Å²) in [6.45, 7) is 4.29. The molecule has 1 aliphatic heterocycles. The van der Waals surface area contributed by atoms with E-state index < -0.39 is 0 Å². The van der Waals surface area contributed by atoms with Gasteiger partial charge < -0.3 is 10.1 Å². The molecule has 0 aromatic heterocycles. The number of hydrogen-bond acceptors (Lipinski definition) is 2. The van der Waals surface area contributed by atoms with Crippen molar-refractivity contribution >= 4 is 0 Å². The predicted molar refractivity (Wildman–Crippen MR) is 83.0 cm³/mol. The van der Waals surface area contributed by atoms with Gasteiger partial charge in [-0.2, -0.15) is 0 Å². The maximum atomic E-state index is 14.2. The molecule has 0 unspecified atom stereocenters. The van der Waals surface area contributed by atoms with Crippen molar-refractivity contribution in [3.63, 3.8) is 0 Å². The summed E-state index contributed by atoms with van der Waals surface area (Å²) in [4.78, 5) is 0. The molecule has 0 saturated carbocycles. The minimum atomic E-state index is -0.160. The van der Waals surface area contributed by atoms with E-state index in [1.165, 1.54) is 5.56 Å². The lowest BCUT2D eigenvalue weighted by atomic mass is 10.00. The van der Waals surface area contributed by atoms with Gasteiger partial charge in [-0.05, 0) is 30.2 Å². The highest BCUT2D eigenvalue weighted by Crippen LogP contribution is 2.37. The highest BCUT2D eigenvalue weighted by atomic mass is 19.1. The number of benzene rings is 2. The van der Waals surface area contributed by atoms with Crippen molar-refractivity contribution in [3.8, 4) is 16.9 Å². The van der Waals surface area contributed by atoms with Gasteiger partial charge in [0, 0.05) is 24.1 Å². The van der Waals surface area contributed by atoms with E-state index in [0.717, 1.165) is 36.3 Å². The molecule has 0 fully saturated rings. The number of para-hydroxylation sites is 1. The van der Waals surface area contributed by atoms with Gasteiger partial charge in [0.25, 0.3) is 0 Å². The van der Waals surface area contributed by atoms with Crippen molar-refractivity contribution in [2.45, 2.75) is 26.3 Å². The van der Waals surface area contributed by atoms with Gasteiger partial charge >= 0.3 is 0 Å². The zero-order chi connectivity index (χ0) is 14.7. The monoisotopic (exact) mass is 285 g/mol. The Labute approximate surface area is 125 Å². The Morgan fingerprint density at radius 1 is 1.24 bits per heavy atom. The number of fused-ring (bicyclic) bond motifs is 1. The third-order valence-electron chi connectivity index (χ3n) is 3.82.